The molecular weight excluding hydrogens is 512 g/mol. The monoisotopic (exact) mass is 530 g/mol. The predicted molar refractivity (Wildman–Crippen MR) is 125 cm³/mol. The molecular formula is C24H19Cl2F3O4S. The molecule has 10 heteroatoms. The van der Waals surface area contributed by atoms with Crippen molar-refractivity contribution in [2.75, 3.05) is 0 Å². The average molecular weight is 531 g/mol. The summed E-state index contributed by atoms with van der Waals surface area (Å²) < 4.78 is 38.2. The first-order chi connectivity index (χ1) is 16.1. The van der Waals surface area contributed by atoms with E-state index in [1.54, 1.807) is 18.2 Å². The fourth-order valence-electron chi connectivity index (χ4n) is 3.00. The Morgan fingerprint density at radius 3 is 2.29 bits per heavy atom. The molecule has 2 aromatic carbocycles. The summed E-state index contributed by atoms with van der Waals surface area (Å²) >= 11 is 13.7. The van der Waals surface area contributed by atoms with E-state index in [0.29, 0.717) is 33.7 Å². The minimum atomic E-state index is -4.40. The Balaban J connectivity index is 1.62. The minimum Gasteiger partial charge on any atom is -0.293 e. The van der Waals surface area contributed by atoms with Crippen LogP contribution in [0.25, 0.3) is 10.4 Å². The van der Waals surface area contributed by atoms with Crippen molar-refractivity contribution in [3.63, 3.8) is 0 Å². The van der Waals surface area contributed by atoms with Gasteiger partial charge >= 0.3 is 12.1 Å². The van der Waals surface area contributed by atoms with Crippen LogP contribution in [0.4, 0.5) is 13.2 Å². The standard InChI is InChI=1S/C24H19Cl2F3O4S/c1-2-3-21(31)33-32-18-11-7-15(22(25)23(18)26)6-10-17(30)20-13-12-19(34-20)14-4-8-16(9-5-14)24(27,28)29/h4-5,7-9,11-13H,2-3,6,10H2,1H3. The van der Waals surface area contributed by atoms with Crippen molar-refractivity contribution in [2.24, 2.45) is 0 Å². The van der Waals surface area contributed by atoms with Crippen molar-refractivity contribution >= 4 is 46.3 Å². The molecule has 3 rings (SSSR count). The Labute approximate surface area is 208 Å². The molecule has 34 heavy (non-hydrogen) atoms. The van der Waals surface area contributed by atoms with E-state index in [1.165, 1.54) is 29.5 Å². The van der Waals surface area contributed by atoms with E-state index >= 15 is 0 Å². The molecule has 4 nitrogen and oxygen atoms in total. The summed E-state index contributed by atoms with van der Waals surface area (Å²) in [6.07, 6.45) is -3.13. The summed E-state index contributed by atoms with van der Waals surface area (Å²) in [5.74, 6) is -0.578. The minimum absolute atomic E-state index is 0.0663. The molecule has 0 amide bonds. The molecule has 1 heterocycles. The van der Waals surface area contributed by atoms with Crippen molar-refractivity contribution in [2.45, 2.75) is 38.8 Å². The number of Topliss-reactive ketones (excluding diaryl/α,β-unsaturated/α-hetero) is 1. The van der Waals surface area contributed by atoms with E-state index in [9.17, 15) is 22.8 Å². The van der Waals surface area contributed by atoms with Crippen molar-refractivity contribution < 1.29 is 32.5 Å². The van der Waals surface area contributed by atoms with Gasteiger partial charge < -0.3 is 0 Å². The first kappa shape index (κ1) is 26.1. The van der Waals surface area contributed by atoms with Gasteiger partial charge in [0.2, 0.25) is 0 Å². The maximum Gasteiger partial charge on any atom is 0.416 e. The van der Waals surface area contributed by atoms with Crippen LogP contribution in [0.1, 0.15) is 47.0 Å². The number of ketones is 1. The molecule has 0 radical (unpaired) electrons. The van der Waals surface area contributed by atoms with Gasteiger partial charge in [0.05, 0.1) is 15.5 Å². The number of halogens is 5. The van der Waals surface area contributed by atoms with E-state index < -0.39 is 17.7 Å². The molecule has 0 atom stereocenters. The Bertz CT molecular complexity index is 1170. The zero-order valence-electron chi connectivity index (χ0n) is 17.9. The highest BCUT2D eigenvalue weighted by Crippen LogP contribution is 2.36. The first-order valence-electron chi connectivity index (χ1n) is 10.2. The summed E-state index contributed by atoms with van der Waals surface area (Å²) in [7, 11) is 0. The van der Waals surface area contributed by atoms with Gasteiger partial charge in [-0.3, -0.25) is 14.6 Å². The molecule has 0 unspecified atom stereocenters. The fraction of sp³-hybridized carbons (Fsp3) is 0.250. The lowest BCUT2D eigenvalue weighted by Gasteiger charge is -2.10. The molecule has 0 spiro atoms. The molecule has 0 aliphatic rings. The predicted octanol–water partition coefficient (Wildman–Crippen LogP) is 8.19. The molecule has 0 aliphatic carbocycles. The molecule has 0 saturated carbocycles. The summed E-state index contributed by atoms with van der Waals surface area (Å²) in [6.45, 7) is 1.83. The number of aryl methyl sites for hydroxylation is 1. The van der Waals surface area contributed by atoms with Gasteiger partial charge in [0.1, 0.15) is 5.02 Å². The van der Waals surface area contributed by atoms with Gasteiger partial charge in [0.25, 0.3) is 0 Å². The topological polar surface area (TPSA) is 52.6 Å². The van der Waals surface area contributed by atoms with Gasteiger partial charge in [-0.25, -0.2) is 4.79 Å². The lowest BCUT2D eigenvalue weighted by atomic mass is 10.1. The number of hydrogen-bond acceptors (Lipinski definition) is 5. The van der Waals surface area contributed by atoms with Crippen LogP contribution in [0.3, 0.4) is 0 Å². The zero-order valence-corrected chi connectivity index (χ0v) is 20.2. The second kappa shape index (κ2) is 11.3. The van der Waals surface area contributed by atoms with E-state index in [4.69, 9.17) is 28.1 Å². The molecule has 0 aliphatic heterocycles. The first-order valence-corrected chi connectivity index (χ1v) is 11.8. The van der Waals surface area contributed by atoms with Crippen LogP contribution in [0.15, 0.2) is 48.5 Å². The highest BCUT2D eigenvalue weighted by atomic mass is 35.5. The number of carbonyl (C=O) groups excluding carboxylic acids is 2. The molecule has 180 valence electrons. The average Bonchev–Trinajstić information content (AvgIpc) is 3.29. The summed E-state index contributed by atoms with van der Waals surface area (Å²) in [4.78, 5) is 34.9. The van der Waals surface area contributed by atoms with Gasteiger partial charge in [0, 0.05) is 17.7 Å². The third kappa shape index (κ3) is 6.52. The van der Waals surface area contributed by atoms with Gasteiger partial charge in [-0.2, -0.15) is 13.2 Å². The maximum absolute atomic E-state index is 12.7. The van der Waals surface area contributed by atoms with E-state index in [2.05, 4.69) is 4.89 Å². The third-order valence-electron chi connectivity index (χ3n) is 4.80. The highest BCUT2D eigenvalue weighted by molar-refractivity contribution is 7.17. The quantitative estimate of drug-likeness (QED) is 0.159. The summed E-state index contributed by atoms with van der Waals surface area (Å²) in [5.41, 5.74) is 0.490. The SMILES string of the molecule is CCCC(=O)OOc1ccc(CCC(=O)c2ccc(-c3ccc(C(F)(F)F)cc3)s2)c(Cl)c1Cl. The number of rotatable bonds is 9. The summed E-state index contributed by atoms with van der Waals surface area (Å²) in [5, 5.41) is 0.256. The van der Waals surface area contributed by atoms with E-state index in [0.717, 1.165) is 12.1 Å². The van der Waals surface area contributed by atoms with Gasteiger partial charge in [-0.05, 0) is 54.3 Å². The van der Waals surface area contributed by atoms with Gasteiger partial charge in [-0.15, -0.1) is 11.3 Å². The van der Waals surface area contributed by atoms with Crippen LogP contribution in [-0.2, 0) is 22.3 Å². The zero-order chi connectivity index (χ0) is 24.9. The molecule has 0 bridgehead atoms. The number of benzene rings is 2. The lowest BCUT2D eigenvalue weighted by molar-refractivity contribution is -0.213. The van der Waals surface area contributed by atoms with Gasteiger partial charge in [0.15, 0.2) is 11.5 Å². The largest absolute Gasteiger partial charge is 0.416 e. The van der Waals surface area contributed by atoms with Crippen LogP contribution in [0.2, 0.25) is 10.0 Å². The number of alkyl halides is 3. The molecule has 1 aromatic heterocycles. The molecule has 0 N–H and O–H groups in total. The van der Waals surface area contributed by atoms with Crippen molar-refractivity contribution in [1.29, 1.82) is 0 Å². The van der Waals surface area contributed by atoms with Crippen molar-refractivity contribution in [1.82, 2.24) is 0 Å². The van der Waals surface area contributed by atoms with Crippen molar-refractivity contribution in [3.05, 3.63) is 74.6 Å². The second-order valence-electron chi connectivity index (χ2n) is 7.30. The van der Waals surface area contributed by atoms with Crippen LogP contribution >= 0.6 is 34.5 Å². The Morgan fingerprint density at radius 2 is 1.65 bits per heavy atom. The Hall–Kier alpha value is -2.55. The lowest BCUT2D eigenvalue weighted by Crippen LogP contribution is -2.07. The summed E-state index contributed by atoms with van der Waals surface area (Å²) in [6, 6.07) is 11.3. The van der Waals surface area contributed by atoms with Crippen LogP contribution in [0, 0.1) is 0 Å². The normalized spacial score (nSPS) is 11.4. The Morgan fingerprint density at radius 1 is 0.941 bits per heavy atom. The van der Waals surface area contributed by atoms with Gasteiger partial charge in [-0.1, -0.05) is 48.3 Å². The fourth-order valence-corrected chi connectivity index (χ4v) is 4.45. The molecule has 3 aromatic rings. The molecule has 0 fully saturated rings. The Kier molecular flexibility index (Phi) is 8.62. The smallest absolute Gasteiger partial charge is 0.293 e. The van der Waals surface area contributed by atoms with Crippen LogP contribution in [-0.4, -0.2) is 11.8 Å². The van der Waals surface area contributed by atoms with E-state index in [-0.39, 0.29) is 34.4 Å². The highest BCUT2D eigenvalue weighted by Gasteiger charge is 2.30. The number of thiophene rings is 1. The number of carbonyl (C=O) groups is 2. The van der Waals surface area contributed by atoms with Crippen LogP contribution in [0.5, 0.6) is 5.75 Å². The van der Waals surface area contributed by atoms with Crippen molar-refractivity contribution in [3.8, 4) is 16.2 Å². The maximum atomic E-state index is 12.7. The van der Waals surface area contributed by atoms with Crippen LogP contribution < -0.4 is 4.89 Å². The van der Waals surface area contributed by atoms with E-state index in [1.807, 2.05) is 6.92 Å². The third-order valence-corrected chi connectivity index (χ3v) is 6.88. The molecule has 0 saturated heterocycles. The number of hydrogen-bond donors (Lipinski definition) is 0. The second-order valence-corrected chi connectivity index (χ2v) is 9.14.